The van der Waals surface area contributed by atoms with Crippen molar-refractivity contribution < 1.29 is 20.1 Å². The van der Waals surface area contributed by atoms with Crippen LogP contribution in [0.4, 0.5) is 0 Å². The molecule has 0 aliphatic heterocycles. The predicted molar refractivity (Wildman–Crippen MR) is 126 cm³/mol. The lowest BCUT2D eigenvalue weighted by molar-refractivity contribution is 0.309. The Morgan fingerprint density at radius 2 is 1.13 bits per heavy atom. The number of alkyl halides is 1. The van der Waals surface area contributed by atoms with E-state index in [4.69, 9.17) is 54.9 Å². The van der Waals surface area contributed by atoms with E-state index in [2.05, 4.69) is 9.97 Å². The number of phenols is 3. The van der Waals surface area contributed by atoms with E-state index in [1.54, 1.807) is 36.7 Å². The first-order chi connectivity index (χ1) is 14.9. The molecular weight excluding hydrogens is 503 g/mol. The fourth-order valence-electron chi connectivity index (χ4n) is 1.85. The third-order valence-corrected chi connectivity index (χ3v) is 5.90. The summed E-state index contributed by atoms with van der Waals surface area (Å²) < 4.78 is 6.53. The summed E-state index contributed by atoms with van der Waals surface area (Å²) in [6, 6.07) is 12.3. The Balaban J connectivity index is 0.000000181. The molecule has 0 spiro atoms. The average molecular weight is 520 g/mol. The highest BCUT2D eigenvalue weighted by Gasteiger charge is 2.00. The predicted octanol–water partition coefficient (Wildman–Crippen LogP) is 6.71. The Hall–Kier alpha value is -2.23. The molecule has 0 amide bonds. The van der Waals surface area contributed by atoms with Gasteiger partial charge in [0.2, 0.25) is 0 Å². The van der Waals surface area contributed by atoms with Crippen molar-refractivity contribution in [2.24, 2.45) is 0 Å². The quantitative estimate of drug-likeness (QED) is 0.205. The van der Waals surface area contributed by atoms with Crippen molar-refractivity contribution in [3.8, 4) is 23.0 Å². The first-order valence-corrected chi connectivity index (χ1v) is 11.4. The number of aromatic nitrogens is 2. The Morgan fingerprint density at radius 3 is 1.48 bits per heavy atom. The zero-order chi connectivity index (χ0) is 22.6. The molecule has 4 aromatic rings. The van der Waals surface area contributed by atoms with Crippen molar-refractivity contribution in [1.82, 2.24) is 9.97 Å². The molecule has 0 saturated heterocycles. The fourth-order valence-corrected chi connectivity index (χ4v) is 3.80. The summed E-state index contributed by atoms with van der Waals surface area (Å²) in [5.74, 6) is 1.77. The third kappa shape index (κ3) is 10.1. The van der Waals surface area contributed by atoms with Crippen LogP contribution in [0.15, 0.2) is 60.9 Å². The second-order valence-corrected chi connectivity index (χ2v) is 9.25. The van der Waals surface area contributed by atoms with E-state index in [1.165, 1.54) is 46.9 Å². The van der Waals surface area contributed by atoms with Crippen molar-refractivity contribution in [2.75, 3.05) is 0 Å². The van der Waals surface area contributed by atoms with Gasteiger partial charge in [-0.05, 0) is 48.5 Å². The van der Waals surface area contributed by atoms with Crippen LogP contribution in [0.3, 0.4) is 0 Å². The highest BCUT2D eigenvalue weighted by Crippen LogP contribution is 2.21. The molecule has 2 heterocycles. The van der Waals surface area contributed by atoms with Gasteiger partial charge >= 0.3 is 0 Å². The summed E-state index contributed by atoms with van der Waals surface area (Å²) >= 11 is 19.4. The van der Waals surface area contributed by atoms with Gasteiger partial charge in [0.05, 0.1) is 10.8 Å². The lowest BCUT2D eigenvalue weighted by Gasteiger charge is -2.03. The third-order valence-electron chi connectivity index (χ3n) is 3.25. The Kier molecular flexibility index (Phi) is 10.7. The molecule has 0 atom stereocenters. The van der Waals surface area contributed by atoms with Gasteiger partial charge in [0.1, 0.15) is 29.6 Å². The number of benzene rings is 2. The monoisotopic (exact) mass is 518 g/mol. The highest BCUT2D eigenvalue weighted by atomic mass is 35.5. The normalized spacial score (nSPS) is 9.77. The van der Waals surface area contributed by atoms with Crippen molar-refractivity contribution in [3.63, 3.8) is 0 Å². The summed E-state index contributed by atoms with van der Waals surface area (Å²) in [5.41, 5.74) is 0. The molecule has 0 aliphatic rings. The fraction of sp³-hybridized carbons (Fsp3) is 0.100. The summed E-state index contributed by atoms with van der Waals surface area (Å²) in [5, 5.41) is 26.4. The Morgan fingerprint density at radius 1 is 0.710 bits per heavy atom. The maximum atomic E-state index is 9.06. The van der Waals surface area contributed by atoms with Crippen LogP contribution in [-0.4, -0.2) is 25.3 Å². The molecule has 0 bridgehead atoms. The SMILES string of the molecule is ClCc1cnc(Cl)s1.Oc1ccc(O)cc1.Oc1ccc(OCc2cnc(Cl)s2)cc1. The number of hydrogen-bond acceptors (Lipinski definition) is 8. The van der Waals surface area contributed by atoms with Crippen LogP contribution in [0.1, 0.15) is 9.75 Å². The van der Waals surface area contributed by atoms with E-state index >= 15 is 0 Å². The Labute approximate surface area is 201 Å². The second kappa shape index (κ2) is 13.2. The van der Waals surface area contributed by atoms with Gasteiger partial charge in [-0.25, -0.2) is 9.97 Å². The van der Waals surface area contributed by atoms with E-state index in [9.17, 15) is 0 Å². The Bertz CT molecular complexity index is 1020. The minimum absolute atomic E-state index is 0.169. The smallest absolute Gasteiger partial charge is 0.183 e. The van der Waals surface area contributed by atoms with Gasteiger partial charge < -0.3 is 20.1 Å². The first-order valence-electron chi connectivity index (χ1n) is 8.52. The van der Waals surface area contributed by atoms with Crippen LogP contribution < -0.4 is 4.74 Å². The van der Waals surface area contributed by atoms with E-state index in [0.29, 0.717) is 27.2 Å². The van der Waals surface area contributed by atoms with Crippen LogP contribution in [-0.2, 0) is 12.5 Å². The standard InChI is InChI=1S/C10H8ClNO2S.C6H6O2.C4H3Cl2NS/c11-10-12-5-9(15-10)6-14-8-3-1-7(13)2-4-8;7-5-1-2-6(8)4-3-5;5-1-3-2-7-4(6)8-3/h1-5,13H,6H2;1-4,7-8H;2H,1H2. The number of phenolic OH excluding ortho intramolecular Hbond substituents is 3. The summed E-state index contributed by atoms with van der Waals surface area (Å²) in [6.45, 7) is 0.440. The van der Waals surface area contributed by atoms with E-state index < -0.39 is 0 Å². The minimum atomic E-state index is 0.169. The lowest BCUT2D eigenvalue weighted by Crippen LogP contribution is -1.91. The van der Waals surface area contributed by atoms with Gasteiger partial charge in [0.15, 0.2) is 8.93 Å². The maximum Gasteiger partial charge on any atom is 0.183 e. The van der Waals surface area contributed by atoms with Gasteiger partial charge in [-0.2, -0.15) is 0 Å². The molecule has 0 aliphatic carbocycles. The molecule has 31 heavy (non-hydrogen) atoms. The van der Waals surface area contributed by atoms with Crippen molar-refractivity contribution in [2.45, 2.75) is 12.5 Å². The number of rotatable bonds is 4. The molecule has 0 radical (unpaired) electrons. The van der Waals surface area contributed by atoms with E-state index in [1.807, 2.05) is 0 Å². The van der Waals surface area contributed by atoms with Crippen LogP contribution >= 0.6 is 57.5 Å². The summed E-state index contributed by atoms with van der Waals surface area (Å²) in [7, 11) is 0. The molecule has 0 fully saturated rings. The number of ether oxygens (including phenoxy) is 1. The van der Waals surface area contributed by atoms with Gasteiger partial charge in [-0.15, -0.1) is 34.3 Å². The number of hydrogen-bond donors (Lipinski definition) is 3. The van der Waals surface area contributed by atoms with Gasteiger partial charge in [0.25, 0.3) is 0 Å². The first kappa shape index (κ1) is 25.0. The molecule has 4 rings (SSSR count). The molecule has 0 saturated carbocycles. The van der Waals surface area contributed by atoms with Crippen molar-refractivity contribution in [1.29, 1.82) is 0 Å². The maximum absolute atomic E-state index is 9.06. The zero-order valence-corrected chi connectivity index (χ0v) is 19.7. The molecule has 164 valence electrons. The number of nitrogens with zero attached hydrogens (tertiary/aromatic N) is 2. The van der Waals surface area contributed by atoms with Gasteiger partial charge in [0, 0.05) is 17.3 Å². The molecule has 3 N–H and O–H groups in total. The minimum Gasteiger partial charge on any atom is -0.508 e. The molecule has 0 unspecified atom stereocenters. The lowest BCUT2D eigenvalue weighted by atomic mass is 10.3. The number of aromatic hydroxyl groups is 3. The van der Waals surface area contributed by atoms with E-state index in [-0.39, 0.29) is 17.2 Å². The number of thiazole rings is 2. The average Bonchev–Trinajstić information content (AvgIpc) is 3.38. The van der Waals surface area contributed by atoms with Crippen molar-refractivity contribution >= 4 is 57.5 Å². The van der Waals surface area contributed by atoms with E-state index in [0.717, 1.165) is 9.75 Å². The van der Waals surface area contributed by atoms with Crippen LogP contribution in [0, 0.1) is 0 Å². The molecule has 2 aromatic heterocycles. The second-order valence-electron chi connectivity index (χ2n) is 5.59. The zero-order valence-electron chi connectivity index (χ0n) is 15.8. The van der Waals surface area contributed by atoms with Crippen LogP contribution in [0.2, 0.25) is 8.93 Å². The topological polar surface area (TPSA) is 95.7 Å². The molecular formula is C20H17Cl3N2O4S2. The van der Waals surface area contributed by atoms with Gasteiger partial charge in [-0.1, -0.05) is 23.2 Å². The largest absolute Gasteiger partial charge is 0.508 e. The molecule has 2 aromatic carbocycles. The molecule has 6 nitrogen and oxygen atoms in total. The van der Waals surface area contributed by atoms with Crippen molar-refractivity contribution in [3.05, 3.63) is 79.6 Å². The highest BCUT2D eigenvalue weighted by molar-refractivity contribution is 7.16. The van der Waals surface area contributed by atoms with Crippen LogP contribution in [0.25, 0.3) is 0 Å². The summed E-state index contributed by atoms with van der Waals surface area (Å²) in [4.78, 5) is 9.67. The van der Waals surface area contributed by atoms with Crippen LogP contribution in [0.5, 0.6) is 23.0 Å². The number of halogens is 3. The van der Waals surface area contributed by atoms with Gasteiger partial charge in [-0.3, -0.25) is 0 Å². The molecule has 11 heteroatoms. The summed E-state index contributed by atoms with van der Waals surface area (Å²) in [6.07, 6.45) is 3.37.